The van der Waals surface area contributed by atoms with Gasteiger partial charge in [-0.2, -0.15) is 0 Å². The van der Waals surface area contributed by atoms with Gasteiger partial charge in [0.1, 0.15) is 5.60 Å². The molecule has 3 heteroatoms. The molecule has 14 heavy (non-hydrogen) atoms. The van der Waals surface area contributed by atoms with Crippen molar-refractivity contribution in [2.75, 3.05) is 6.54 Å². The average molecular weight is 212 g/mol. The highest BCUT2D eigenvalue weighted by atomic mass is 35.5. The first-order valence-corrected chi connectivity index (χ1v) is 5.20. The van der Waals surface area contributed by atoms with Crippen LogP contribution >= 0.6 is 11.6 Å². The zero-order valence-electron chi connectivity index (χ0n) is 8.13. The Balaban J connectivity index is 2.30. The predicted octanol–water partition coefficient (Wildman–Crippen LogP) is 1.91. The monoisotopic (exact) mass is 211 g/mol. The van der Waals surface area contributed by atoms with E-state index in [1.54, 1.807) is 0 Å². The summed E-state index contributed by atoms with van der Waals surface area (Å²) in [7, 11) is 0. The maximum Gasteiger partial charge on any atom is 0.104 e. The minimum absolute atomic E-state index is 0.360. The van der Waals surface area contributed by atoms with Crippen LogP contribution in [0.15, 0.2) is 24.3 Å². The minimum atomic E-state index is -0.746. The second kappa shape index (κ2) is 3.54. The largest absolute Gasteiger partial charge is 0.384 e. The lowest BCUT2D eigenvalue weighted by Crippen LogP contribution is -2.28. The first kappa shape index (κ1) is 9.97. The molecule has 2 unspecified atom stereocenters. The van der Waals surface area contributed by atoms with Crippen molar-refractivity contribution in [1.82, 2.24) is 5.32 Å². The molecule has 0 aromatic heterocycles. The van der Waals surface area contributed by atoms with Crippen LogP contribution in [0.2, 0.25) is 5.02 Å². The molecule has 2 nitrogen and oxygen atoms in total. The highest BCUT2D eigenvalue weighted by Gasteiger charge is 2.36. The fraction of sp³-hybridized carbons (Fsp3) is 0.455. The molecule has 1 aromatic carbocycles. The van der Waals surface area contributed by atoms with Crippen molar-refractivity contribution in [2.45, 2.75) is 25.0 Å². The van der Waals surface area contributed by atoms with E-state index in [-0.39, 0.29) is 0 Å². The van der Waals surface area contributed by atoms with E-state index in [1.807, 2.05) is 24.3 Å². The Morgan fingerprint density at radius 1 is 1.57 bits per heavy atom. The molecule has 0 aliphatic carbocycles. The van der Waals surface area contributed by atoms with Gasteiger partial charge in [-0.05, 0) is 31.0 Å². The van der Waals surface area contributed by atoms with Crippen LogP contribution in [0.1, 0.15) is 18.9 Å². The molecular formula is C11H14ClNO. The molecule has 1 saturated heterocycles. The Kier molecular flexibility index (Phi) is 2.52. The quantitative estimate of drug-likeness (QED) is 0.744. The Morgan fingerprint density at radius 3 is 2.93 bits per heavy atom. The van der Waals surface area contributed by atoms with E-state index in [0.29, 0.717) is 17.6 Å². The van der Waals surface area contributed by atoms with Gasteiger partial charge in [-0.25, -0.2) is 0 Å². The number of hydrogen-bond acceptors (Lipinski definition) is 2. The molecule has 0 radical (unpaired) electrons. The molecule has 76 valence electrons. The molecule has 0 bridgehead atoms. The Labute approximate surface area is 88.9 Å². The second-order valence-corrected chi connectivity index (χ2v) is 4.46. The van der Waals surface area contributed by atoms with Crippen LogP contribution in [0.4, 0.5) is 0 Å². The number of rotatable bonds is 1. The summed E-state index contributed by atoms with van der Waals surface area (Å²) in [5.41, 5.74) is 0.159. The summed E-state index contributed by atoms with van der Waals surface area (Å²) in [6.45, 7) is 2.68. The average Bonchev–Trinajstić information content (AvgIpc) is 2.48. The van der Waals surface area contributed by atoms with E-state index in [2.05, 4.69) is 12.2 Å². The van der Waals surface area contributed by atoms with Gasteiger partial charge in [-0.15, -0.1) is 0 Å². The lowest BCUT2D eigenvalue weighted by molar-refractivity contribution is 0.0565. The Morgan fingerprint density at radius 2 is 2.36 bits per heavy atom. The van der Waals surface area contributed by atoms with Crippen molar-refractivity contribution in [3.63, 3.8) is 0 Å². The van der Waals surface area contributed by atoms with Crippen LogP contribution in [0.3, 0.4) is 0 Å². The van der Waals surface area contributed by atoms with Gasteiger partial charge >= 0.3 is 0 Å². The maximum absolute atomic E-state index is 10.3. The maximum atomic E-state index is 10.3. The molecule has 2 rings (SSSR count). The number of β-amino-alcohol motifs (C(OH)–C–C–N with tert-alkyl or cyclic N) is 1. The number of aliphatic hydroxyl groups is 1. The van der Waals surface area contributed by atoms with Gasteiger partial charge in [0.15, 0.2) is 0 Å². The topological polar surface area (TPSA) is 32.3 Å². The normalized spacial score (nSPS) is 32.1. The molecule has 1 fully saturated rings. The molecular weight excluding hydrogens is 198 g/mol. The Hall–Kier alpha value is -0.570. The number of nitrogens with one attached hydrogen (secondary N) is 1. The van der Waals surface area contributed by atoms with Crippen molar-refractivity contribution in [1.29, 1.82) is 0 Å². The summed E-state index contributed by atoms with van der Waals surface area (Å²) in [4.78, 5) is 0. The van der Waals surface area contributed by atoms with Crippen LogP contribution in [-0.4, -0.2) is 17.7 Å². The molecule has 1 aliphatic heterocycles. The van der Waals surface area contributed by atoms with Crippen molar-refractivity contribution in [2.24, 2.45) is 0 Å². The highest BCUT2D eigenvalue weighted by Crippen LogP contribution is 2.31. The zero-order valence-corrected chi connectivity index (χ0v) is 8.88. The van der Waals surface area contributed by atoms with Crippen molar-refractivity contribution < 1.29 is 5.11 Å². The standard InChI is InChI=1S/C11H14ClNO/c1-8-6-11(14,7-13-8)9-3-2-4-10(12)5-9/h2-5,8,13-14H,6-7H2,1H3. The van der Waals surface area contributed by atoms with Gasteiger partial charge in [-0.1, -0.05) is 23.7 Å². The fourth-order valence-corrected chi connectivity index (χ4v) is 2.18. The molecule has 2 N–H and O–H groups in total. The predicted molar refractivity (Wildman–Crippen MR) is 57.4 cm³/mol. The fourth-order valence-electron chi connectivity index (χ4n) is 1.99. The number of benzene rings is 1. The lowest BCUT2D eigenvalue weighted by Gasteiger charge is -2.22. The van der Waals surface area contributed by atoms with Gasteiger partial charge in [-0.3, -0.25) is 0 Å². The van der Waals surface area contributed by atoms with Crippen LogP contribution in [0.25, 0.3) is 0 Å². The van der Waals surface area contributed by atoms with E-state index in [0.717, 1.165) is 12.0 Å². The third kappa shape index (κ3) is 1.78. The smallest absolute Gasteiger partial charge is 0.104 e. The third-order valence-corrected chi connectivity index (χ3v) is 2.98. The lowest BCUT2D eigenvalue weighted by atomic mass is 9.91. The van der Waals surface area contributed by atoms with Crippen molar-refractivity contribution in [3.8, 4) is 0 Å². The molecule has 1 heterocycles. The van der Waals surface area contributed by atoms with Gasteiger partial charge in [0.05, 0.1) is 0 Å². The van der Waals surface area contributed by atoms with Gasteiger partial charge in [0.25, 0.3) is 0 Å². The van der Waals surface area contributed by atoms with Crippen LogP contribution in [-0.2, 0) is 5.60 Å². The van der Waals surface area contributed by atoms with E-state index < -0.39 is 5.60 Å². The van der Waals surface area contributed by atoms with Crippen molar-refractivity contribution in [3.05, 3.63) is 34.9 Å². The molecule has 2 atom stereocenters. The van der Waals surface area contributed by atoms with Gasteiger partial charge < -0.3 is 10.4 Å². The first-order valence-electron chi connectivity index (χ1n) is 4.82. The summed E-state index contributed by atoms with van der Waals surface area (Å²) in [6.07, 6.45) is 0.743. The van der Waals surface area contributed by atoms with E-state index in [9.17, 15) is 5.11 Å². The van der Waals surface area contributed by atoms with E-state index in [4.69, 9.17) is 11.6 Å². The SMILES string of the molecule is CC1CC(O)(c2cccc(Cl)c2)CN1. The van der Waals surface area contributed by atoms with Crippen LogP contribution < -0.4 is 5.32 Å². The van der Waals surface area contributed by atoms with Crippen LogP contribution in [0.5, 0.6) is 0 Å². The summed E-state index contributed by atoms with van der Waals surface area (Å²) in [5, 5.41) is 14.2. The van der Waals surface area contributed by atoms with Gasteiger partial charge in [0.2, 0.25) is 0 Å². The highest BCUT2D eigenvalue weighted by molar-refractivity contribution is 6.30. The van der Waals surface area contributed by atoms with Gasteiger partial charge in [0, 0.05) is 17.6 Å². The number of halogens is 1. The third-order valence-electron chi connectivity index (χ3n) is 2.75. The molecule has 1 aromatic rings. The minimum Gasteiger partial charge on any atom is -0.384 e. The van der Waals surface area contributed by atoms with E-state index >= 15 is 0 Å². The molecule has 0 saturated carbocycles. The number of hydrogen-bond donors (Lipinski definition) is 2. The molecule has 1 aliphatic rings. The summed E-state index contributed by atoms with van der Waals surface area (Å²) < 4.78 is 0. The molecule has 0 spiro atoms. The zero-order chi connectivity index (χ0) is 10.2. The summed E-state index contributed by atoms with van der Waals surface area (Å²) in [6, 6.07) is 7.81. The first-order chi connectivity index (χ1) is 6.60. The van der Waals surface area contributed by atoms with E-state index in [1.165, 1.54) is 0 Å². The molecule has 0 amide bonds. The summed E-state index contributed by atoms with van der Waals surface area (Å²) in [5.74, 6) is 0. The summed E-state index contributed by atoms with van der Waals surface area (Å²) >= 11 is 5.89. The van der Waals surface area contributed by atoms with Crippen molar-refractivity contribution >= 4 is 11.6 Å². The second-order valence-electron chi connectivity index (χ2n) is 4.03. The van der Waals surface area contributed by atoms with Crippen LogP contribution in [0, 0.1) is 0 Å². The Bertz CT molecular complexity index is 342.